The van der Waals surface area contributed by atoms with Crippen LogP contribution < -0.4 is 5.73 Å². The molecular weight excluding hydrogens is 228 g/mol. The van der Waals surface area contributed by atoms with E-state index in [2.05, 4.69) is 4.98 Å². The van der Waals surface area contributed by atoms with Crippen LogP contribution in [0.1, 0.15) is 29.9 Å². The number of ether oxygens (including phenoxy) is 1. The minimum Gasteiger partial charge on any atom is -0.462 e. The summed E-state index contributed by atoms with van der Waals surface area (Å²) in [5, 5.41) is 0.790. The highest BCUT2D eigenvalue weighted by Crippen LogP contribution is 2.26. The van der Waals surface area contributed by atoms with E-state index in [9.17, 15) is 4.79 Å². The van der Waals surface area contributed by atoms with Gasteiger partial charge in [0.05, 0.1) is 23.5 Å². The second-order valence-electron chi connectivity index (χ2n) is 3.94. The number of hydrogen-bond acceptors (Lipinski definition) is 4. The Hall–Kier alpha value is -2.10. The summed E-state index contributed by atoms with van der Waals surface area (Å²) in [6.07, 6.45) is 0.642. The average Bonchev–Trinajstić information content (AvgIpc) is 2.38. The van der Waals surface area contributed by atoms with Gasteiger partial charge in [-0.25, -0.2) is 4.79 Å². The van der Waals surface area contributed by atoms with Crippen LogP contribution in [0.5, 0.6) is 0 Å². The Morgan fingerprint density at radius 1 is 1.33 bits per heavy atom. The first-order chi connectivity index (χ1) is 8.69. The first kappa shape index (κ1) is 12.4. The number of anilines is 1. The smallest absolute Gasteiger partial charge is 0.342 e. The fraction of sp³-hybridized carbons (Fsp3) is 0.286. The third-order valence-corrected chi connectivity index (χ3v) is 2.82. The van der Waals surface area contributed by atoms with E-state index in [1.807, 2.05) is 31.2 Å². The van der Waals surface area contributed by atoms with E-state index >= 15 is 0 Å². The van der Waals surface area contributed by atoms with Crippen molar-refractivity contribution in [3.63, 3.8) is 0 Å². The Bertz CT molecular complexity index is 594. The molecule has 0 aliphatic rings. The summed E-state index contributed by atoms with van der Waals surface area (Å²) in [5.74, 6) is -0.398. The lowest BCUT2D eigenvalue weighted by atomic mass is 10.0. The number of hydrogen-bond donors (Lipinski definition) is 1. The van der Waals surface area contributed by atoms with Crippen molar-refractivity contribution >= 4 is 22.6 Å². The molecule has 1 aromatic carbocycles. The average molecular weight is 244 g/mol. The molecule has 2 aromatic rings. The monoisotopic (exact) mass is 244 g/mol. The molecule has 0 saturated carbocycles. The number of nitrogens with two attached hydrogens (primary N) is 1. The quantitative estimate of drug-likeness (QED) is 0.843. The van der Waals surface area contributed by atoms with Crippen molar-refractivity contribution in [2.45, 2.75) is 20.3 Å². The zero-order valence-electron chi connectivity index (χ0n) is 10.6. The van der Waals surface area contributed by atoms with Gasteiger partial charge in [0.25, 0.3) is 0 Å². The van der Waals surface area contributed by atoms with Gasteiger partial charge in [-0.2, -0.15) is 0 Å². The number of esters is 1. The number of carbonyl (C=O) groups is 1. The van der Waals surface area contributed by atoms with E-state index in [1.165, 1.54) is 0 Å². The van der Waals surface area contributed by atoms with Crippen molar-refractivity contribution in [3.05, 3.63) is 35.5 Å². The molecule has 0 amide bonds. The third kappa shape index (κ3) is 2.01. The summed E-state index contributed by atoms with van der Waals surface area (Å²) in [7, 11) is 0. The number of nitrogens with zero attached hydrogens (tertiary/aromatic N) is 1. The topological polar surface area (TPSA) is 65.2 Å². The first-order valence-corrected chi connectivity index (χ1v) is 6.03. The maximum absolute atomic E-state index is 11.9. The van der Waals surface area contributed by atoms with Crippen LogP contribution in [-0.4, -0.2) is 17.6 Å². The lowest BCUT2D eigenvalue weighted by Gasteiger charge is -2.12. The van der Waals surface area contributed by atoms with Crippen molar-refractivity contribution in [2.75, 3.05) is 12.3 Å². The molecule has 2 rings (SSSR count). The van der Waals surface area contributed by atoms with E-state index in [1.54, 1.807) is 6.92 Å². The zero-order chi connectivity index (χ0) is 13.1. The van der Waals surface area contributed by atoms with Crippen LogP contribution in [-0.2, 0) is 11.2 Å². The van der Waals surface area contributed by atoms with Crippen LogP contribution in [0.2, 0.25) is 0 Å². The molecule has 1 heterocycles. The second kappa shape index (κ2) is 5.04. The SMILES string of the molecule is CCOC(=O)c1c(CC)nc2ccccc2c1N. The predicted octanol–water partition coefficient (Wildman–Crippen LogP) is 2.56. The molecule has 18 heavy (non-hydrogen) atoms. The van der Waals surface area contributed by atoms with Gasteiger partial charge in [0.15, 0.2) is 0 Å². The molecule has 0 spiro atoms. The summed E-state index contributed by atoms with van der Waals surface area (Å²) in [6, 6.07) is 7.53. The molecule has 4 nitrogen and oxygen atoms in total. The summed E-state index contributed by atoms with van der Waals surface area (Å²) in [4.78, 5) is 16.4. The van der Waals surface area contributed by atoms with E-state index in [-0.39, 0.29) is 0 Å². The normalized spacial score (nSPS) is 10.6. The van der Waals surface area contributed by atoms with E-state index in [0.29, 0.717) is 30.0 Å². The van der Waals surface area contributed by atoms with Crippen molar-refractivity contribution in [1.82, 2.24) is 4.98 Å². The molecule has 0 atom stereocenters. The Kier molecular flexibility index (Phi) is 3.46. The summed E-state index contributed by atoms with van der Waals surface area (Å²) < 4.78 is 5.04. The highest BCUT2D eigenvalue weighted by Gasteiger charge is 2.19. The molecule has 0 aliphatic heterocycles. The van der Waals surface area contributed by atoms with Gasteiger partial charge in [0.2, 0.25) is 0 Å². The van der Waals surface area contributed by atoms with Gasteiger partial charge in [0, 0.05) is 5.39 Å². The molecule has 0 unspecified atom stereocenters. The molecule has 0 bridgehead atoms. The van der Waals surface area contributed by atoms with Crippen LogP contribution in [0.25, 0.3) is 10.9 Å². The molecule has 0 fully saturated rings. The number of rotatable bonds is 3. The summed E-state index contributed by atoms with van der Waals surface area (Å²) >= 11 is 0. The Morgan fingerprint density at radius 3 is 2.72 bits per heavy atom. The molecule has 94 valence electrons. The Morgan fingerprint density at radius 2 is 2.06 bits per heavy atom. The fourth-order valence-electron chi connectivity index (χ4n) is 1.98. The molecule has 4 heteroatoms. The predicted molar refractivity (Wildman–Crippen MR) is 71.5 cm³/mol. The van der Waals surface area contributed by atoms with Crippen molar-refractivity contribution in [2.24, 2.45) is 0 Å². The van der Waals surface area contributed by atoms with E-state index in [0.717, 1.165) is 10.9 Å². The van der Waals surface area contributed by atoms with Crippen LogP contribution in [0.3, 0.4) is 0 Å². The van der Waals surface area contributed by atoms with Gasteiger partial charge in [-0.3, -0.25) is 4.98 Å². The Labute approximate surface area is 106 Å². The van der Waals surface area contributed by atoms with Crippen molar-refractivity contribution < 1.29 is 9.53 Å². The number of para-hydroxylation sites is 1. The van der Waals surface area contributed by atoms with Crippen molar-refractivity contribution in [3.8, 4) is 0 Å². The van der Waals surface area contributed by atoms with Gasteiger partial charge in [-0.15, -0.1) is 0 Å². The van der Waals surface area contributed by atoms with Gasteiger partial charge in [-0.1, -0.05) is 25.1 Å². The molecule has 0 radical (unpaired) electrons. The van der Waals surface area contributed by atoms with Crippen LogP contribution >= 0.6 is 0 Å². The maximum atomic E-state index is 11.9. The lowest BCUT2D eigenvalue weighted by molar-refractivity contribution is 0.0526. The van der Waals surface area contributed by atoms with Crippen LogP contribution in [0, 0.1) is 0 Å². The number of carbonyl (C=O) groups excluding carboxylic acids is 1. The summed E-state index contributed by atoms with van der Waals surface area (Å²) in [5.41, 5.74) is 8.43. The maximum Gasteiger partial charge on any atom is 0.342 e. The lowest BCUT2D eigenvalue weighted by Crippen LogP contribution is -2.13. The number of aromatic nitrogens is 1. The van der Waals surface area contributed by atoms with Gasteiger partial charge >= 0.3 is 5.97 Å². The van der Waals surface area contributed by atoms with Gasteiger partial charge in [0.1, 0.15) is 5.56 Å². The van der Waals surface area contributed by atoms with Gasteiger partial charge < -0.3 is 10.5 Å². The molecule has 2 N–H and O–H groups in total. The minimum atomic E-state index is -0.398. The number of nitrogen functional groups attached to an aromatic ring is 1. The number of fused-ring (bicyclic) bond motifs is 1. The largest absolute Gasteiger partial charge is 0.462 e. The zero-order valence-corrected chi connectivity index (χ0v) is 10.6. The molecule has 1 aromatic heterocycles. The van der Waals surface area contributed by atoms with Crippen LogP contribution in [0.15, 0.2) is 24.3 Å². The number of pyridine rings is 1. The second-order valence-corrected chi connectivity index (χ2v) is 3.94. The van der Waals surface area contributed by atoms with E-state index in [4.69, 9.17) is 10.5 Å². The standard InChI is InChI=1S/C14H16N2O2/c1-3-10-12(14(17)18-4-2)13(15)9-7-5-6-8-11(9)16-10/h5-8H,3-4H2,1-2H3,(H2,15,16). The molecular formula is C14H16N2O2. The summed E-state index contributed by atoms with van der Waals surface area (Å²) in [6.45, 7) is 4.04. The number of aryl methyl sites for hydroxylation is 1. The molecule has 0 aliphatic carbocycles. The fourth-order valence-corrected chi connectivity index (χ4v) is 1.98. The third-order valence-electron chi connectivity index (χ3n) is 2.82. The molecule has 0 saturated heterocycles. The first-order valence-electron chi connectivity index (χ1n) is 6.03. The van der Waals surface area contributed by atoms with Gasteiger partial charge in [-0.05, 0) is 19.4 Å². The Balaban J connectivity index is 2.70. The highest BCUT2D eigenvalue weighted by atomic mass is 16.5. The number of benzene rings is 1. The minimum absolute atomic E-state index is 0.328. The highest BCUT2D eigenvalue weighted by molar-refractivity contribution is 6.05. The van der Waals surface area contributed by atoms with Crippen LogP contribution in [0.4, 0.5) is 5.69 Å². The van der Waals surface area contributed by atoms with E-state index < -0.39 is 5.97 Å². The van der Waals surface area contributed by atoms with Crippen molar-refractivity contribution in [1.29, 1.82) is 0 Å².